The minimum atomic E-state index is -0.0728. The van der Waals surface area contributed by atoms with Crippen molar-refractivity contribution in [2.75, 3.05) is 11.9 Å². The summed E-state index contributed by atoms with van der Waals surface area (Å²) in [6.45, 7) is 0.335. The fraction of sp³-hybridized carbons (Fsp3) is 0.0833. The molecule has 0 saturated heterocycles. The molecule has 0 unspecified atom stereocenters. The Morgan fingerprint density at radius 1 is 1.40 bits per heavy atom. The van der Waals surface area contributed by atoms with Gasteiger partial charge in [-0.25, -0.2) is 0 Å². The van der Waals surface area contributed by atoms with Crippen LogP contribution in [0.4, 0.5) is 5.88 Å². The molecular weight excluding hydrogens is 190 g/mol. The third-order valence-corrected chi connectivity index (χ3v) is 2.00. The molecule has 2 rings (SSSR count). The van der Waals surface area contributed by atoms with E-state index in [1.165, 1.54) is 6.07 Å². The zero-order valence-corrected chi connectivity index (χ0v) is 7.99. The van der Waals surface area contributed by atoms with Crippen LogP contribution in [0.2, 0.25) is 0 Å². The molecule has 0 saturated carbocycles. The first kappa shape index (κ1) is 9.35. The maximum atomic E-state index is 11.6. The molecule has 2 aromatic rings. The van der Waals surface area contributed by atoms with Crippen molar-refractivity contribution < 1.29 is 4.42 Å². The summed E-state index contributed by atoms with van der Waals surface area (Å²) in [5.41, 5.74) is 0.487. The number of benzene rings is 1. The maximum absolute atomic E-state index is 11.6. The molecule has 1 N–H and O–H groups in total. The summed E-state index contributed by atoms with van der Waals surface area (Å²) in [5.74, 6) is 2.81. The average Bonchev–Trinajstić information content (AvgIpc) is 2.26. The van der Waals surface area contributed by atoms with Crippen molar-refractivity contribution in [1.29, 1.82) is 0 Å². The Morgan fingerprint density at radius 2 is 2.20 bits per heavy atom. The van der Waals surface area contributed by atoms with E-state index in [4.69, 9.17) is 10.8 Å². The highest BCUT2D eigenvalue weighted by Gasteiger charge is 2.02. The lowest BCUT2D eigenvalue weighted by Gasteiger charge is -2.02. The SMILES string of the molecule is C#CCNc1cc(=O)c2ccccc2o1. The number of fused-ring (bicyclic) bond motifs is 1. The number of terminal acetylenes is 1. The largest absolute Gasteiger partial charge is 0.440 e. The summed E-state index contributed by atoms with van der Waals surface area (Å²) < 4.78 is 5.44. The smallest absolute Gasteiger partial charge is 0.198 e. The van der Waals surface area contributed by atoms with Gasteiger partial charge >= 0.3 is 0 Å². The monoisotopic (exact) mass is 199 g/mol. The number of hydrogen-bond donors (Lipinski definition) is 1. The fourth-order valence-electron chi connectivity index (χ4n) is 1.33. The minimum Gasteiger partial charge on any atom is -0.440 e. The van der Waals surface area contributed by atoms with E-state index in [9.17, 15) is 4.79 Å². The Kier molecular flexibility index (Phi) is 2.42. The van der Waals surface area contributed by atoms with Gasteiger partial charge in [0.05, 0.1) is 11.9 Å². The Balaban J connectivity index is 2.54. The standard InChI is InChI=1S/C12H9NO2/c1-2-7-13-12-8-10(14)9-5-3-4-6-11(9)15-12/h1,3-6,8,13H,7H2. The number of rotatable bonds is 2. The van der Waals surface area contributed by atoms with Crippen molar-refractivity contribution in [3.8, 4) is 12.3 Å². The second-order valence-electron chi connectivity index (χ2n) is 3.03. The molecule has 3 heteroatoms. The highest BCUT2D eigenvalue weighted by atomic mass is 16.3. The van der Waals surface area contributed by atoms with Crippen molar-refractivity contribution in [3.05, 3.63) is 40.6 Å². The third kappa shape index (κ3) is 1.84. The quantitative estimate of drug-likeness (QED) is 0.750. The molecule has 0 radical (unpaired) electrons. The Bertz CT molecular complexity index is 578. The second-order valence-corrected chi connectivity index (χ2v) is 3.03. The third-order valence-electron chi connectivity index (χ3n) is 2.00. The van der Waals surface area contributed by atoms with Crippen LogP contribution in [0.5, 0.6) is 0 Å². The van der Waals surface area contributed by atoms with Gasteiger partial charge in [-0.1, -0.05) is 18.1 Å². The predicted molar refractivity (Wildman–Crippen MR) is 59.8 cm³/mol. The Labute approximate surface area is 86.7 Å². The molecule has 1 heterocycles. The first-order valence-corrected chi connectivity index (χ1v) is 4.51. The predicted octanol–water partition coefficient (Wildman–Crippen LogP) is 1.84. The van der Waals surface area contributed by atoms with E-state index in [0.717, 1.165) is 0 Å². The number of hydrogen-bond acceptors (Lipinski definition) is 3. The first-order valence-electron chi connectivity index (χ1n) is 4.51. The minimum absolute atomic E-state index is 0.0728. The van der Waals surface area contributed by atoms with Crippen LogP contribution in [-0.4, -0.2) is 6.54 Å². The van der Waals surface area contributed by atoms with Gasteiger partial charge in [-0.15, -0.1) is 6.42 Å². The topological polar surface area (TPSA) is 42.2 Å². The van der Waals surface area contributed by atoms with E-state index in [0.29, 0.717) is 23.4 Å². The molecule has 0 spiro atoms. The summed E-state index contributed by atoms with van der Waals surface area (Å²) in [5, 5.41) is 3.40. The molecule has 0 aliphatic rings. The summed E-state index contributed by atoms with van der Waals surface area (Å²) in [4.78, 5) is 11.6. The van der Waals surface area contributed by atoms with Gasteiger partial charge in [-0.2, -0.15) is 0 Å². The lowest BCUT2D eigenvalue weighted by molar-refractivity contribution is 0.617. The van der Waals surface area contributed by atoms with Gasteiger partial charge in [0.1, 0.15) is 5.58 Å². The van der Waals surface area contributed by atoms with E-state index in [1.54, 1.807) is 18.2 Å². The molecule has 1 aromatic carbocycles. The van der Waals surface area contributed by atoms with E-state index < -0.39 is 0 Å². The molecule has 0 fully saturated rings. The van der Waals surface area contributed by atoms with E-state index in [-0.39, 0.29) is 5.43 Å². The van der Waals surface area contributed by atoms with Gasteiger partial charge in [0.15, 0.2) is 11.3 Å². The van der Waals surface area contributed by atoms with Crippen LogP contribution in [0.3, 0.4) is 0 Å². The molecule has 0 atom stereocenters. The van der Waals surface area contributed by atoms with Crippen molar-refractivity contribution >= 4 is 16.9 Å². The fourth-order valence-corrected chi connectivity index (χ4v) is 1.33. The molecule has 0 aliphatic heterocycles. The summed E-state index contributed by atoms with van der Waals surface area (Å²) in [6.07, 6.45) is 5.09. The van der Waals surface area contributed by atoms with Crippen LogP contribution in [0.15, 0.2) is 39.5 Å². The molecular formula is C12H9NO2. The Hall–Kier alpha value is -2.21. The van der Waals surface area contributed by atoms with Gasteiger partial charge in [0.2, 0.25) is 0 Å². The number of para-hydroxylation sites is 1. The maximum Gasteiger partial charge on any atom is 0.198 e. The van der Waals surface area contributed by atoms with Gasteiger partial charge < -0.3 is 9.73 Å². The first-order chi connectivity index (χ1) is 7.31. The average molecular weight is 199 g/mol. The van der Waals surface area contributed by atoms with Crippen LogP contribution >= 0.6 is 0 Å². The van der Waals surface area contributed by atoms with Gasteiger partial charge in [-0.3, -0.25) is 4.79 Å². The van der Waals surface area contributed by atoms with Crippen molar-refractivity contribution in [2.45, 2.75) is 0 Å². The van der Waals surface area contributed by atoms with Crippen LogP contribution in [-0.2, 0) is 0 Å². The van der Waals surface area contributed by atoms with E-state index >= 15 is 0 Å². The van der Waals surface area contributed by atoms with Gasteiger partial charge in [0, 0.05) is 6.07 Å². The van der Waals surface area contributed by atoms with E-state index in [1.807, 2.05) is 6.07 Å². The van der Waals surface area contributed by atoms with Crippen LogP contribution < -0.4 is 10.7 Å². The van der Waals surface area contributed by atoms with Crippen molar-refractivity contribution in [1.82, 2.24) is 0 Å². The zero-order chi connectivity index (χ0) is 10.7. The van der Waals surface area contributed by atoms with Gasteiger partial charge in [0.25, 0.3) is 0 Å². The summed E-state index contributed by atoms with van der Waals surface area (Å²) in [6, 6.07) is 8.49. The Morgan fingerprint density at radius 3 is 3.00 bits per heavy atom. The van der Waals surface area contributed by atoms with Crippen LogP contribution in [0.25, 0.3) is 11.0 Å². The number of nitrogens with one attached hydrogen (secondary N) is 1. The molecule has 0 aliphatic carbocycles. The second kappa shape index (κ2) is 3.89. The van der Waals surface area contributed by atoms with Crippen LogP contribution in [0.1, 0.15) is 0 Å². The summed E-state index contributed by atoms with van der Waals surface area (Å²) >= 11 is 0. The lowest BCUT2D eigenvalue weighted by Crippen LogP contribution is -2.05. The normalized spacial score (nSPS) is 9.80. The van der Waals surface area contributed by atoms with Crippen LogP contribution in [0, 0.1) is 12.3 Å². The van der Waals surface area contributed by atoms with Gasteiger partial charge in [-0.05, 0) is 12.1 Å². The van der Waals surface area contributed by atoms with E-state index in [2.05, 4.69) is 11.2 Å². The molecule has 3 nitrogen and oxygen atoms in total. The van der Waals surface area contributed by atoms with Crippen molar-refractivity contribution in [3.63, 3.8) is 0 Å². The summed E-state index contributed by atoms with van der Waals surface area (Å²) in [7, 11) is 0. The molecule has 15 heavy (non-hydrogen) atoms. The molecule has 0 bridgehead atoms. The molecule has 1 aromatic heterocycles. The zero-order valence-electron chi connectivity index (χ0n) is 7.99. The lowest BCUT2D eigenvalue weighted by atomic mass is 10.2. The van der Waals surface area contributed by atoms with Crippen molar-refractivity contribution in [2.24, 2.45) is 0 Å². The molecule has 0 amide bonds. The molecule has 74 valence electrons. The highest BCUT2D eigenvalue weighted by Crippen LogP contribution is 2.14. The highest BCUT2D eigenvalue weighted by molar-refractivity contribution is 5.77. The number of anilines is 1.